The topological polar surface area (TPSA) is 42.0 Å². The van der Waals surface area contributed by atoms with Crippen molar-refractivity contribution >= 4 is 44.4 Å². The lowest BCUT2D eigenvalue weighted by Gasteiger charge is -1.98. The summed E-state index contributed by atoms with van der Waals surface area (Å²) in [5, 5.41) is 5.23. The first kappa shape index (κ1) is 13.0. The number of hydrogen-bond donors (Lipinski definition) is 1. The van der Waals surface area contributed by atoms with E-state index in [4.69, 9.17) is 0 Å². The molecule has 0 saturated heterocycles. The number of halogens is 1. The van der Waals surface area contributed by atoms with E-state index in [1.54, 1.807) is 6.08 Å². The van der Waals surface area contributed by atoms with Crippen molar-refractivity contribution < 1.29 is 4.79 Å². The molecule has 0 fully saturated rings. The van der Waals surface area contributed by atoms with Gasteiger partial charge in [0, 0.05) is 15.9 Å². The number of carbonyl (C=O) groups excluding carboxylic acids is 1. The van der Waals surface area contributed by atoms with Crippen LogP contribution in [0.3, 0.4) is 0 Å². The zero-order valence-corrected chi connectivity index (χ0v) is 12.1. The van der Waals surface area contributed by atoms with E-state index in [2.05, 4.69) is 26.2 Å². The first-order valence-corrected chi connectivity index (χ1v) is 6.98. The summed E-state index contributed by atoms with van der Waals surface area (Å²) in [7, 11) is 0. The maximum absolute atomic E-state index is 11.7. The smallest absolute Gasteiger partial charge is 0.250 e. The largest absolute Gasteiger partial charge is 0.298 e. The molecule has 1 amide bonds. The molecule has 2 rings (SSSR count). The Morgan fingerprint density at radius 1 is 1.44 bits per heavy atom. The quantitative estimate of drug-likeness (QED) is 0.872. The molecule has 5 heteroatoms. The van der Waals surface area contributed by atoms with Crippen LogP contribution in [0.4, 0.5) is 5.13 Å². The van der Waals surface area contributed by atoms with Gasteiger partial charge in [0.25, 0.3) is 0 Å². The van der Waals surface area contributed by atoms with Crippen LogP contribution < -0.4 is 5.32 Å². The molecule has 0 saturated carbocycles. The monoisotopic (exact) mass is 322 g/mol. The highest BCUT2D eigenvalue weighted by Crippen LogP contribution is 2.18. The highest BCUT2D eigenvalue weighted by molar-refractivity contribution is 9.10. The second kappa shape index (κ2) is 5.93. The lowest BCUT2D eigenvalue weighted by atomic mass is 10.2. The summed E-state index contributed by atoms with van der Waals surface area (Å²) in [5.41, 5.74) is 1.87. The Morgan fingerprint density at radius 2 is 2.22 bits per heavy atom. The van der Waals surface area contributed by atoms with Gasteiger partial charge in [-0.25, -0.2) is 4.98 Å². The van der Waals surface area contributed by atoms with Crippen LogP contribution in [0.25, 0.3) is 6.08 Å². The van der Waals surface area contributed by atoms with Crippen LogP contribution in [0.15, 0.2) is 40.2 Å². The average Bonchev–Trinajstić information content (AvgIpc) is 2.74. The first-order valence-electron chi connectivity index (χ1n) is 5.31. The molecular weight excluding hydrogens is 312 g/mol. The first-order chi connectivity index (χ1) is 8.65. The zero-order valence-electron chi connectivity index (χ0n) is 9.68. The third kappa shape index (κ3) is 3.51. The van der Waals surface area contributed by atoms with Crippen molar-refractivity contribution in [2.45, 2.75) is 6.92 Å². The van der Waals surface area contributed by atoms with Crippen molar-refractivity contribution in [1.29, 1.82) is 0 Å². The number of nitrogens with one attached hydrogen (secondary N) is 1. The molecule has 18 heavy (non-hydrogen) atoms. The molecule has 0 radical (unpaired) electrons. The predicted octanol–water partition coefficient (Wildman–Crippen LogP) is 3.87. The fourth-order valence-electron chi connectivity index (χ4n) is 1.33. The molecule has 3 nitrogen and oxygen atoms in total. The summed E-state index contributed by atoms with van der Waals surface area (Å²) in [6.07, 6.45) is 3.26. The molecule has 1 N–H and O–H groups in total. The van der Waals surface area contributed by atoms with Crippen LogP contribution in [0.5, 0.6) is 0 Å². The second-order valence-corrected chi connectivity index (χ2v) is 5.35. The Hall–Kier alpha value is -1.46. The van der Waals surface area contributed by atoms with E-state index in [0.717, 1.165) is 15.7 Å². The Labute approximate surface area is 118 Å². The number of carbonyl (C=O) groups is 1. The van der Waals surface area contributed by atoms with Crippen LogP contribution in [-0.4, -0.2) is 10.9 Å². The van der Waals surface area contributed by atoms with E-state index in [1.165, 1.54) is 17.4 Å². The van der Waals surface area contributed by atoms with Gasteiger partial charge in [-0.1, -0.05) is 34.1 Å². The number of benzene rings is 1. The minimum atomic E-state index is -0.180. The van der Waals surface area contributed by atoms with Gasteiger partial charge >= 0.3 is 0 Å². The van der Waals surface area contributed by atoms with E-state index >= 15 is 0 Å². The zero-order chi connectivity index (χ0) is 13.0. The van der Waals surface area contributed by atoms with E-state index in [9.17, 15) is 4.79 Å². The third-order valence-corrected chi connectivity index (χ3v) is 3.77. The minimum Gasteiger partial charge on any atom is -0.298 e. The van der Waals surface area contributed by atoms with Crippen molar-refractivity contribution in [3.8, 4) is 0 Å². The SMILES string of the molecule is Cc1csc(NC(=O)C=Cc2ccccc2Br)n1. The maximum Gasteiger partial charge on any atom is 0.250 e. The molecule has 2 aromatic rings. The predicted molar refractivity (Wildman–Crippen MR) is 78.7 cm³/mol. The number of rotatable bonds is 3. The maximum atomic E-state index is 11.7. The van der Waals surface area contributed by atoms with E-state index in [-0.39, 0.29) is 5.91 Å². The molecule has 0 unspecified atom stereocenters. The Balaban J connectivity index is 2.01. The van der Waals surface area contributed by atoms with E-state index in [1.807, 2.05) is 36.6 Å². The van der Waals surface area contributed by atoms with Gasteiger partial charge in [-0.15, -0.1) is 11.3 Å². The highest BCUT2D eigenvalue weighted by atomic mass is 79.9. The van der Waals surface area contributed by atoms with Crippen LogP contribution in [0.2, 0.25) is 0 Å². The summed E-state index contributed by atoms with van der Waals surface area (Å²) in [4.78, 5) is 15.8. The van der Waals surface area contributed by atoms with Gasteiger partial charge < -0.3 is 0 Å². The molecule has 0 spiro atoms. The molecule has 1 aromatic carbocycles. The van der Waals surface area contributed by atoms with Crippen molar-refractivity contribution in [3.05, 3.63) is 51.5 Å². The van der Waals surface area contributed by atoms with Gasteiger partial charge in [-0.3, -0.25) is 10.1 Å². The Kier molecular flexibility index (Phi) is 4.28. The van der Waals surface area contributed by atoms with Crippen LogP contribution in [0, 0.1) is 6.92 Å². The molecule has 1 heterocycles. The molecular formula is C13H11BrN2OS. The van der Waals surface area contributed by atoms with Gasteiger partial charge in [0.15, 0.2) is 5.13 Å². The number of aryl methyl sites for hydroxylation is 1. The average molecular weight is 323 g/mol. The number of nitrogens with zero attached hydrogens (tertiary/aromatic N) is 1. The van der Waals surface area contributed by atoms with Crippen molar-refractivity contribution in [2.24, 2.45) is 0 Å². The molecule has 1 aromatic heterocycles. The summed E-state index contributed by atoms with van der Waals surface area (Å²) in [5.74, 6) is -0.180. The fraction of sp³-hybridized carbons (Fsp3) is 0.0769. The molecule has 0 bridgehead atoms. The van der Waals surface area contributed by atoms with E-state index in [0.29, 0.717) is 5.13 Å². The summed E-state index contributed by atoms with van der Waals surface area (Å²) in [6.45, 7) is 1.89. The lowest BCUT2D eigenvalue weighted by molar-refractivity contribution is -0.111. The standard InChI is InChI=1S/C13H11BrN2OS/c1-9-8-18-13(15-9)16-12(17)7-6-10-4-2-3-5-11(10)14/h2-8H,1H3,(H,15,16,17). The fourth-order valence-corrected chi connectivity index (χ4v) is 2.44. The number of amides is 1. The Morgan fingerprint density at radius 3 is 2.89 bits per heavy atom. The van der Waals surface area contributed by atoms with E-state index < -0.39 is 0 Å². The van der Waals surface area contributed by atoms with Crippen LogP contribution >= 0.6 is 27.3 Å². The lowest BCUT2D eigenvalue weighted by Crippen LogP contribution is -2.07. The minimum absolute atomic E-state index is 0.180. The van der Waals surface area contributed by atoms with Gasteiger partial charge in [0.05, 0.1) is 5.69 Å². The number of thiazole rings is 1. The van der Waals surface area contributed by atoms with Gasteiger partial charge in [-0.2, -0.15) is 0 Å². The molecule has 0 atom stereocenters. The molecule has 0 aliphatic heterocycles. The summed E-state index contributed by atoms with van der Waals surface area (Å²) in [6, 6.07) is 7.72. The molecule has 92 valence electrons. The van der Waals surface area contributed by atoms with Crippen molar-refractivity contribution in [3.63, 3.8) is 0 Å². The van der Waals surface area contributed by atoms with Gasteiger partial charge in [0.2, 0.25) is 5.91 Å². The second-order valence-electron chi connectivity index (χ2n) is 3.64. The number of anilines is 1. The summed E-state index contributed by atoms with van der Waals surface area (Å²) >= 11 is 4.84. The normalized spacial score (nSPS) is 10.8. The molecule has 0 aliphatic rings. The molecule has 0 aliphatic carbocycles. The number of hydrogen-bond acceptors (Lipinski definition) is 3. The van der Waals surface area contributed by atoms with Crippen LogP contribution in [-0.2, 0) is 4.79 Å². The highest BCUT2D eigenvalue weighted by Gasteiger charge is 2.01. The number of aromatic nitrogens is 1. The van der Waals surface area contributed by atoms with Gasteiger partial charge in [0.1, 0.15) is 0 Å². The van der Waals surface area contributed by atoms with Crippen LogP contribution in [0.1, 0.15) is 11.3 Å². The van der Waals surface area contributed by atoms with Crippen molar-refractivity contribution in [1.82, 2.24) is 4.98 Å². The summed E-state index contributed by atoms with van der Waals surface area (Å²) < 4.78 is 0.958. The Bertz CT molecular complexity index is 592. The van der Waals surface area contributed by atoms with Gasteiger partial charge in [-0.05, 0) is 24.6 Å². The third-order valence-electron chi connectivity index (χ3n) is 2.17. The van der Waals surface area contributed by atoms with Crippen molar-refractivity contribution in [2.75, 3.05) is 5.32 Å².